The lowest BCUT2D eigenvalue weighted by Gasteiger charge is -2.44. The van der Waals surface area contributed by atoms with E-state index in [1.165, 1.54) is 23.5 Å². The van der Waals surface area contributed by atoms with Gasteiger partial charge in [-0.25, -0.2) is 0 Å². The fourth-order valence-corrected chi connectivity index (χ4v) is 7.10. The first-order valence-electron chi connectivity index (χ1n) is 6.43. The van der Waals surface area contributed by atoms with Crippen LogP contribution in [0.25, 0.3) is 0 Å². The summed E-state index contributed by atoms with van der Waals surface area (Å²) in [6, 6.07) is 0. The van der Waals surface area contributed by atoms with Crippen molar-refractivity contribution >= 4 is 57.8 Å². The van der Waals surface area contributed by atoms with Gasteiger partial charge >= 0.3 is 5.97 Å². The Morgan fingerprint density at radius 2 is 2.10 bits per heavy atom. The Balaban J connectivity index is 1.95. The number of amides is 2. The number of thiocarbonyl (C=S) groups is 1. The molecule has 6 nitrogen and oxygen atoms in total. The number of hydrogen-bond acceptors (Lipinski definition) is 6. The van der Waals surface area contributed by atoms with E-state index in [1.807, 2.05) is 13.8 Å². The molecule has 4 atom stereocenters. The molecule has 2 amide bonds. The van der Waals surface area contributed by atoms with Gasteiger partial charge in [-0.2, -0.15) is 0 Å². The van der Waals surface area contributed by atoms with Crippen molar-refractivity contribution in [2.24, 2.45) is 11.3 Å². The molecule has 3 aliphatic heterocycles. The highest BCUT2D eigenvalue weighted by molar-refractivity contribution is 8.24. The number of hydrogen-bond donors (Lipinski definition) is 2. The maximum atomic E-state index is 12.5. The van der Waals surface area contributed by atoms with E-state index < -0.39 is 35.0 Å². The third-order valence-electron chi connectivity index (χ3n) is 4.23. The van der Waals surface area contributed by atoms with Gasteiger partial charge in [-0.1, -0.05) is 37.8 Å². The molecule has 0 unspecified atom stereocenters. The van der Waals surface area contributed by atoms with Crippen LogP contribution in [0, 0.1) is 11.3 Å². The standard InChI is InChI=1S/C12H14N2O4S3/c1-12(2)5-6(20-8-7(12)21-11(19)13-8)10(18)14(9(5)17)3-4(15)16/h5-8H,3H2,1-2H3,(H,13,19)(H,15,16)/t5-,6+,7-,8+/m0/s1. The normalized spacial score (nSPS) is 37.2. The zero-order chi connectivity index (χ0) is 15.5. The third-order valence-corrected chi connectivity index (χ3v) is 7.73. The molecule has 3 fully saturated rings. The Morgan fingerprint density at radius 1 is 1.43 bits per heavy atom. The Bertz CT molecular complexity index is 565. The van der Waals surface area contributed by atoms with Crippen molar-refractivity contribution in [3.05, 3.63) is 0 Å². The molecule has 0 aliphatic carbocycles. The van der Waals surface area contributed by atoms with Crippen LogP contribution in [0.4, 0.5) is 0 Å². The van der Waals surface area contributed by atoms with Crippen LogP contribution in [0.3, 0.4) is 0 Å². The van der Waals surface area contributed by atoms with Gasteiger partial charge in [0.1, 0.15) is 10.9 Å². The molecule has 0 aromatic carbocycles. The van der Waals surface area contributed by atoms with Crippen molar-refractivity contribution in [2.45, 2.75) is 29.7 Å². The van der Waals surface area contributed by atoms with Gasteiger partial charge in [0.25, 0.3) is 0 Å². The summed E-state index contributed by atoms with van der Waals surface area (Å²) in [7, 11) is 0. The molecule has 21 heavy (non-hydrogen) atoms. The van der Waals surface area contributed by atoms with E-state index in [9.17, 15) is 14.4 Å². The monoisotopic (exact) mass is 346 g/mol. The van der Waals surface area contributed by atoms with Crippen LogP contribution in [0.1, 0.15) is 13.8 Å². The second kappa shape index (κ2) is 4.85. The predicted octanol–water partition coefficient (Wildman–Crippen LogP) is 0.514. The topological polar surface area (TPSA) is 86.7 Å². The summed E-state index contributed by atoms with van der Waals surface area (Å²) in [6.07, 6.45) is 0. The number of carboxylic acids is 1. The average Bonchev–Trinajstić information content (AvgIpc) is 2.84. The zero-order valence-electron chi connectivity index (χ0n) is 11.4. The summed E-state index contributed by atoms with van der Waals surface area (Å²) in [4.78, 5) is 36.7. The number of carboxylic acid groups (broad SMARTS) is 1. The molecule has 114 valence electrons. The number of likely N-dealkylation sites (tertiary alicyclic amines) is 1. The largest absolute Gasteiger partial charge is 0.480 e. The predicted molar refractivity (Wildman–Crippen MR) is 83.9 cm³/mol. The van der Waals surface area contributed by atoms with Gasteiger partial charge in [0.05, 0.1) is 16.5 Å². The van der Waals surface area contributed by atoms with Crippen LogP contribution < -0.4 is 5.32 Å². The van der Waals surface area contributed by atoms with Crippen LogP contribution in [0.2, 0.25) is 0 Å². The van der Waals surface area contributed by atoms with Crippen molar-refractivity contribution in [1.82, 2.24) is 10.2 Å². The van der Waals surface area contributed by atoms with Gasteiger partial charge in [-0.05, 0) is 5.41 Å². The Hall–Kier alpha value is -0.800. The number of aliphatic carboxylic acids is 1. The van der Waals surface area contributed by atoms with E-state index in [1.54, 1.807) is 0 Å². The lowest BCUT2D eigenvalue weighted by Crippen LogP contribution is -2.52. The smallest absolute Gasteiger partial charge is 0.323 e. The third kappa shape index (κ3) is 2.17. The minimum atomic E-state index is -1.17. The first kappa shape index (κ1) is 15.1. The van der Waals surface area contributed by atoms with Gasteiger partial charge in [-0.15, -0.1) is 11.8 Å². The molecule has 2 N–H and O–H groups in total. The minimum Gasteiger partial charge on any atom is -0.480 e. The first-order valence-corrected chi connectivity index (χ1v) is 8.66. The molecule has 9 heteroatoms. The van der Waals surface area contributed by atoms with Gasteiger partial charge in [0.15, 0.2) is 0 Å². The quantitative estimate of drug-likeness (QED) is 0.553. The van der Waals surface area contributed by atoms with Crippen LogP contribution in [-0.4, -0.2) is 54.5 Å². The zero-order valence-corrected chi connectivity index (χ0v) is 13.8. The fraction of sp³-hybridized carbons (Fsp3) is 0.667. The van der Waals surface area contributed by atoms with Crippen LogP contribution in [0.5, 0.6) is 0 Å². The van der Waals surface area contributed by atoms with Crippen molar-refractivity contribution in [3.63, 3.8) is 0 Å². The van der Waals surface area contributed by atoms with Crippen LogP contribution >= 0.6 is 35.7 Å². The Labute approximate surface area is 135 Å². The van der Waals surface area contributed by atoms with E-state index in [-0.39, 0.29) is 16.5 Å². The van der Waals surface area contributed by atoms with E-state index in [0.717, 1.165) is 4.90 Å². The average molecular weight is 346 g/mol. The van der Waals surface area contributed by atoms with E-state index in [4.69, 9.17) is 17.3 Å². The van der Waals surface area contributed by atoms with Crippen molar-refractivity contribution in [2.75, 3.05) is 6.54 Å². The van der Waals surface area contributed by atoms with E-state index >= 15 is 0 Å². The molecule has 0 bridgehead atoms. The number of imide groups is 1. The molecule has 0 aromatic heterocycles. The molecule has 0 spiro atoms. The molecule has 0 aromatic rings. The summed E-state index contributed by atoms with van der Waals surface area (Å²) >= 11 is 8.11. The van der Waals surface area contributed by atoms with Gasteiger partial charge < -0.3 is 10.4 Å². The second-order valence-corrected chi connectivity index (χ2v) is 9.01. The highest BCUT2D eigenvalue weighted by atomic mass is 32.2. The van der Waals surface area contributed by atoms with Crippen molar-refractivity contribution < 1.29 is 19.5 Å². The number of fused-ring (bicyclic) bond motifs is 2. The van der Waals surface area contributed by atoms with Gasteiger partial charge in [0.2, 0.25) is 11.8 Å². The molecular formula is C12H14N2O4S3. The molecule has 0 radical (unpaired) electrons. The summed E-state index contributed by atoms with van der Waals surface area (Å²) in [5.41, 5.74) is -0.432. The van der Waals surface area contributed by atoms with E-state index in [2.05, 4.69) is 5.32 Å². The lowest BCUT2D eigenvalue weighted by molar-refractivity contribution is -0.149. The summed E-state index contributed by atoms with van der Waals surface area (Å²) in [5.74, 6) is -2.44. The summed E-state index contributed by atoms with van der Waals surface area (Å²) in [6.45, 7) is 3.36. The molecule has 3 rings (SSSR count). The molecule has 0 saturated carbocycles. The maximum absolute atomic E-state index is 12.5. The number of nitrogens with one attached hydrogen (secondary N) is 1. The first-order chi connectivity index (χ1) is 9.73. The highest BCUT2D eigenvalue weighted by Gasteiger charge is 2.63. The van der Waals surface area contributed by atoms with Gasteiger partial charge in [-0.3, -0.25) is 19.3 Å². The molecule has 3 saturated heterocycles. The minimum absolute atomic E-state index is 0.0136. The lowest BCUT2D eigenvalue weighted by atomic mass is 9.74. The van der Waals surface area contributed by atoms with E-state index in [0.29, 0.717) is 4.32 Å². The molecular weight excluding hydrogens is 332 g/mol. The number of carbonyl (C=O) groups is 3. The van der Waals surface area contributed by atoms with Crippen molar-refractivity contribution in [1.29, 1.82) is 0 Å². The Morgan fingerprint density at radius 3 is 2.71 bits per heavy atom. The molecule has 3 aliphatic rings. The summed E-state index contributed by atoms with van der Waals surface area (Å²) in [5, 5.41) is 11.6. The van der Waals surface area contributed by atoms with Crippen LogP contribution in [0.15, 0.2) is 0 Å². The maximum Gasteiger partial charge on any atom is 0.323 e. The number of nitrogens with zero attached hydrogens (tertiary/aromatic N) is 1. The molecule has 3 heterocycles. The van der Waals surface area contributed by atoms with Crippen LogP contribution in [-0.2, 0) is 14.4 Å². The van der Waals surface area contributed by atoms with Gasteiger partial charge in [0, 0.05) is 5.25 Å². The number of thioether (sulfide) groups is 2. The number of carbonyl (C=O) groups excluding carboxylic acids is 2. The Kier molecular flexibility index (Phi) is 3.49. The highest BCUT2D eigenvalue weighted by Crippen LogP contribution is 2.56. The number of rotatable bonds is 2. The SMILES string of the molecule is CC1(C)[C@@H]2C(=O)N(CC(=O)O)C(=O)[C@@H]2S[C@H]2NC(=S)S[C@@H]21. The fourth-order valence-electron chi connectivity index (χ4n) is 3.22. The summed E-state index contributed by atoms with van der Waals surface area (Å²) < 4.78 is 0.688. The second-order valence-electron chi connectivity index (χ2n) is 5.90. The van der Waals surface area contributed by atoms with Crippen molar-refractivity contribution in [3.8, 4) is 0 Å².